The SMILES string of the molecule is Cc1cc(CCCc2cncc3[nH]c(=O)[nH]c(=O)c23)on1. The monoisotopic (exact) mass is 286 g/mol. The van der Waals surface area contributed by atoms with Crippen LogP contribution in [0.4, 0.5) is 0 Å². The molecule has 3 aromatic rings. The smallest absolute Gasteiger partial charge is 0.326 e. The molecule has 3 heterocycles. The number of hydrogen-bond acceptors (Lipinski definition) is 5. The molecule has 3 rings (SSSR count). The van der Waals surface area contributed by atoms with Crippen LogP contribution in [0.3, 0.4) is 0 Å². The van der Waals surface area contributed by atoms with Crippen molar-refractivity contribution in [2.75, 3.05) is 0 Å². The average Bonchev–Trinajstić information content (AvgIpc) is 2.84. The van der Waals surface area contributed by atoms with Crippen LogP contribution in [0.25, 0.3) is 10.9 Å². The first kappa shape index (κ1) is 13.3. The van der Waals surface area contributed by atoms with Gasteiger partial charge < -0.3 is 9.51 Å². The average molecular weight is 286 g/mol. The lowest BCUT2D eigenvalue weighted by atomic mass is 10.1. The number of pyridine rings is 1. The molecule has 0 aliphatic rings. The van der Waals surface area contributed by atoms with Crippen molar-refractivity contribution < 1.29 is 4.52 Å². The fraction of sp³-hybridized carbons (Fsp3) is 0.286. The number of aromatic nitrogens is 4. The summed E-state index contributed by atoms with van der Waals surface area (Å²) in [4.78, 5) is 32.1. The summed E-state index contributed by atoms with van der Waals surface area (Å²) in [6.45, 7) is 1.87. The maximum Gasteiger partial charge on any atom is 0.326 e. The highest BCUT2D eigenvalue weighted by Gasteiger charge is 2.08. The van der Waals surface area contributed by atoms with E-state index >= 15 is 0 Å². The van der Waals surface area contributed by atoms with Crippen molar-refractivity contribution in [3.05, 3.63) is 56.3 Å². The minimum Gasteiger partial charge on any atom is -0.361 e. The molecule has 0 saturated heterocycles. The topological polar surface area (TPSA) is 105 Å². The second-order valence-electron chi connectivity index (χ2n) is 4.92. The molecule has 7 heteroatoms. The van der Waals surface area contributed by atoms with Crippen molar-refractivity contribution in [1.82, 2.24) is 20.1 Å². The minimum absolute atomic E-state index is 0.387. The van der Waals surface area contributed by atoms with Gasteiger partial charge in [0.05, 0.1) is 22.8 Å². The van der Waals surface area contributed by atoms with Crippen molar-refractivity contribution in [3.63, 3.8) is 0 Å². The van der Waals surface area contributed by atoms with Crippen molar-refractivity contribution >= 4 is 10.9 Å². The number of fused-ring (bicyclic) bond motifs is 1. The van der Waals surface area contributed by atoms with Crippen LogP contribution in [0.5, 0.6) is 0 Å². The quantitative estimate of drug-likeness (QED) is 0.746. The molecule has 108 valence electrons. The fourth-order valence-corrected chi connectivity index (χ4v) is 2.36. The molecule has 21 heavy (non-hydrogen) atoms. The van der Waals surface area contributed by atoms with Crippen LogP contribution < -0.4 is 11.2 Å². The third-order valence-corrected chi connectivity index (χ3v) is 3.27. The molecule has 0 spiro atoms. The summed E-state index contributed by atoms with van der Waals surface area (Å²) >= 11 is 0. The summed E-state index contributed by atoms with van der Waals surface area (Å²) < 4.78 is 5.15. The lowest BCUT2D eigenvalue weighted by molar-refractivity contribution is 0.377. The van der Waals surface area contributed by atoms with Crippen molar-refractivity contribution in [2.45, 2.75) is 26.2 Å². The summed E-state index contributed by atoms with van der Waals surface area (Å²) in [6.07, 6.45) is 5.34. The highest BCUT2D eigenvalue weighted by atomic mass is 16.5. The number of nitrogens with zero attached hydrogens (tertiary/aromatic N) is 2. The third kappa shape index (κ3) is 2.76. The molecular weight excluding hydrogens is 272 g/mol. The molecule has 3 aromatic heterocycles. The fourth-order valence-electron chi connectivity index (χ4n) is 2.36. The Hall–Kier alpha value is -2.70. The molecular formula is C14H14N4O3. The van der Waals surface area contributed by atoms with Crippen LogP contribution in [0.1, 0.15) is 23.4 Å². The van der Waals surface area contributed by atoms with Crippen LogP contribution >= 0.6 is 0 Å². The Morgan fingerprint density at radius 1 is 1.19 bits per heavy atom. The summed E-state index contributed by atoms with van der Waals surface area (Å²) in [7, 11) is 0. The maximum absolute atomic E-state index is 11.9. The predicted molar refractivity (Wildman–Crippen MR) is 76.2 cm³/mol. The molecule has 0 radical (unpaired) electrons. The highest BCUT2D eigenvalue weighted by molar-refractivity contribution is 5.79. The van der Waals surface area contributed by atoms with Gasteiger partial charge in [-0.15, -0.1) is 0 Å². The van der Waals surface area contributed by atoms with E-state index in [-0.39, 0.29) is 5.56 Å². The third-order valence-electron chi connectivity index (χ3n) is 3.27. The van der Waals surface area contributed by atoms with Gasteiger partial charge in [-0.05, 0) is 25.3 Å². The Bertz CT molecular complexity index is 891. The number of aromatic amines is 2. The second-order valence-corrected chi connectivity index (χ2v) is 4.92. The Morgan fingerprint density at radius 2 is 2.05 bits per heavy atom. The first-order valence-corrected chi connectivity index (χ1v) is 6.65. The predicted octanol–water partition coefficient (Wildman–Crippen LogP) is 1.08. The Balaban J connectivity index is 1.84. The van der Waals surface area contributed by atoms with Gasteiger partial charge in [0, 0.05) is 18.7 Å². The van der Waals surface area contributed by atoms with Crippen LogP contribution in [0.2, 0.25) is 0 Å². The van der Waals surface area contributed by atoms with Gasteiger partial charge in [0.1, 0.15) is 5.76 Å². The summed E-state index contributed by atoms with van der Waals surface area (Å²) in [6, 6.07) is 1.89. The van der Waals surface area contributed by atoms with Crippen molar-refractivity contribution in [1.29, 1.82) is 0 Å². The van der Waals surface area contributed by atoms with Gasteiger partial charge in [0.25, 0.3) is 5.56 Å². The number of aryl methyl sites for hydroxylation is 3. The standard InChI is InChI=1S/C14H14N4O3/c1-8-5-10(21-18-8)4-2-3-9-6-15-7-11-12(9)13(19)17-14(20)16-11/h5-7H,2-4H2,1H3,(H2,16,17,19,20). The van der Waals surface area contributed by atoms with Gasteiger partial charge in [-0.1, -0.05) is 5.16 Å². The first-order chi connectivity index (χ1) is 10.1. The van der Waals surface area contributed by atoms with E-state index < -0.39 is 5.69 Å². The zero-order valence-electron chi connectivity index (χ0n) is 11.5. The Morgan fingerprint density at radius 3 is 2.81 bits per heavy atom. The number of nitrogens with one attached hydrogen (secondary N) is 2. The minimum atomic E-state index is -0.524. The summed E-state index contributed by atoms with van der Waals surface area (Å²) in [5, 5.41) is 4.32. The van der Waals surface area contributed by atoms with Crippen LogP contribution in [0.15, 0.2) is 32.6 Å². The van der Waals surface area contributed by atoms with Crippen molar-refractivity contribution in [3.8, 4) is 0 Å². The lowest BCUT2D eigenvalue weighted by Gasteiger charge is -2.03. The van der Waals surface area contributed by atoms with Gasteiger partial charge in [0.2, 0.25) is 0 Å². The number of rotatable bonds is 4. The Kier molecular flexibility index (Phi) is 3.39. The van der Waals surface area contributed by atoms with E-state index in [0.29, 0.717) is 17.3 Å². The van der Waals surface area contributed by atoms with E-state index in [0.717, 1.165) is 29.9 Å². The van der Waals surface area contributed by atoms with E-state index in [1.165, 1.54) is 6.20 Å². The molecule has 0 aliphatic heterocycles. The normalized spacial score (nSPS) is 11.1. The van der Waals surface area contributed by atoms with Gasteiger partial charge in [0.15, 0.2) is 0 Å². The zero-order valence-corrected chi connectivity index (χ0v) is 11.5. The lowest BCUT2D eigenvalue weighted by Crippen LogP contribution is -2.23. The second kappa shape index (κ2) is 5.35. The van der Waals surface area contributed by atoms with E-state index in [9.17, 15) is 9.59 Å². The number of H-pyrrole nitrogens is 2. The highest BCUT2D eigenvalue weighted by Crippen LogP contribution is 2.14. The molecule has 0 unspecified atom stereocenters. The molecule has 0 aliphatic carbocycles. The van der Waals surface area contributed by atoms with E-state index in [1.807, 2.05) is 13.0 Å². The van der Waals surface area contributed by atoms with E-state index in [1.54, 1.807) is 6.20 Å². The molecule has 0 bridgehead atoms. The van der Waals surface area contributed by atoms with Crippen LogP contribution in [-0.4, -0.2) is 20.1 Å². The van der Waals surface area contributed by atoms with Crippen LogP contribution in [-0.2, 0) is 12.8 Å². The van der Waals surface area contributed by atoms with E-state index in [4.69, 9.17) is 4.52 Å². The van der Waals surface area contributed by atoms with Crippen LogP contribution in [0, 0.1) is 6.92 Å². The summed E-state index contributed by atoms with van der Waals surface area (Å²) in [5.41, 5.74) is 1.20. The largest absolute Gasteiger partial charge is 0.361 e. The summed E-state index contributed by atoms with van der Waals surface area (Å²) in [5.74, 6) is 0.822. The van der Waals surface area contributed by atoms with E-state index in [2.05, 4.69) is 20.1 Å². The molecule has 2 N–H and O–H groups in total. The molecule has 7 nitrogen and oxygen atoms in total. The van der Waals surface area contributed by atoms with Gasteiger partial charge in [-0.2, -0.15) is 0 Å². The number of hydrogen-bond donors (Lipinski definition) is 2. The van der Waals surface area contributed by atoms with Gasteiger partial charge >= 0.3 is 5.69 Å². The van der Waals surface area contributed by atoms with Gasteiger partial charge in [-0.3, -0.25) is 14.8 Å². The molecule has 0 saturated carbocycles. The van der Waals surface area contributed by atoms with Gasteiger partial charge in [-0.25, -0.2) is 4.79 Å². The molecule has 0 amide bonds. The molecule has 0 fully saturated rings. The zero-order chi connectivity index (χ0) is 14.8. The Labute approximate surface area is 119 Å². The molecule has 0 aromatic carbocycles. The first-order valence-electron chi connectivity index (χ1n) is 6.65. The maximum atomic E-state index is 11.9. The molecule has 0 atom stereocenters. The van der Waals surface area contributed by atoms with Crippen molar-refractivity contribution in [2.24, 2.45) is 0 Å².